The van der Waals surface area contributed by atoms with E-state index < -0.39 is 0 Å². The third kappa shape index (κ3) is 4.25. The van der Waals surface area contributed by atoms with Crippen molar-refractivity contribution in [2.75, 3.05) is 32.8 Å². The molecule has 0 spiro atoms. The lowest BCUT2D eigenvalue weighted by Crippen LogP contribution is -2.42. The fourth-order valence-electron chi connectivity index (χ4n) is 3.22. The highest BCUT2D eigenvalue weighted by atomic mass is 32.1. The van der Waals surface area contributed by atoms with Crippen LogP contribution in [0.2, 0.25) is 0 Å². The molecule has 5 nitrogen and oxygen atoms in total. The molecule has 2 N–H and O–H groups in total. The Labute approximate surface area is 148 Å². The fourth-order valence-corrected chi connectivity index (χ4v) is 4.08. The lowest BCUT2D eigenvalue weighted by atomic mass is 9.89. The van der Waals surface area contributed by atoms with Crippen LogP contribution in [0.4, 0.5) is 0 Å². The van der Waals surface area contributed by atoms with Crippen LogP contribution in [0.1, 0.15) is 42.9 Å². The molecule has 1 unspecified atom stereocenters. The van der Waals surface area contributed by atoms with Gasteiger partial charge in [-0.2, -0.15) is 5.10 Å². The predicted octanol–water partition coefficient (Wildman–Crippen LogP) is 2.93. The molecule has 1 fully saturated rings. The van der Waals surface area contributed by atoms with E-state index in [0.717, 1.165) is 39.4 Å². The van der Waals surface area contributed by atoms with E-state index in [2.05, 4.69) is 58.7 Å². The van der Waals surface area contributed by atoms with Crippen LogP contribution in [0.15, 0.2) is 23.7 Å². The van der Waals surface area contributed by atoms with E-state index in [0.29, 0.717) is 6.04 Å². The van der Waals surface area contributed by atoms with Crippen molar-refractivity contribution in [3.63, 3.8) is 0 Å². The third-order valence-corrected chi connectivity index (χ3v) is 5.45. The first-order valence-corrected chi connectivity index (χ1v) is 9.52. The zero-order valence-corrected chi connectivity index (χ0v) is 15.7. The number of aromatic nitrogens is 2. The normalized spacial score (nSPS) is 18.0. The van der Waals surface area contributed by atoms with Crippen molar-refractivity contribution in [1.82, 2.24) is 20.4 Å². The summed E-state index contributed by atoms with van der Waals surface area (Å²) in [5.41, 5.74) is 2.56. The molecule has 1 aliphatic heterocycles. The Balaban J connectivity index is 1.63. The van der Waals surface area contributed by atoms with Gasteiger partial charge in [0.2, 0.25) is 0 Å². The Kier molecular flexibility index (Phi) is 5.71. The number of aromatic amines is 1. The van der Waals surface area contributed by atoms with Gasteiger partial charge in [-0.1, -0.05) is 26.8 Å². The molecule has 2 aromatic heterocycles. The minimum atomic E-state index is 0.0882. The summed E-state index contributed by atoms with van der Waals surface area (Å²) in [6.45, 7) is 12.1. The molecule has 24 heavy (non-hydrogen) atoms. The highest BCUT2D eigenvalue weighted by Gasteiger charge is 2.24. The van der Waals surface area contributed by atoms with Crippen LogP contribution < -0.4 is 5.32 Å². The largest absolute Gasteiger partial charge is 0.379 e. The van der Waals surface area contributed by atoms with Gasteiger partial charge < -0.3 is 10.1 Å². The molecule has 3 heterocycles. The van der Waals surface area contributed by atoms with Crippen molar-refractivity contribution in [1.29, 1.82) is 0 Å². The summed E-state index contributed by atoms with van der Waals surface area (Å²) in [7, 11) is 0. The first-order valence-electron chi connectivity index (χ1n) is 8.64. The Bertz CT molecular complexity index is 611. The molecule has 0 amide bonds. The van der Waals surface area contributed by atoms with Gasteiger partial charge in [-0.15, -0.1) is 11.3 Å². The molecule has 3 rings (SSSR count). The minimum Gasteiger partial charge on any atom is -0.379 e. The van der Waals surface area contributed by atoms with Crippen molar-refractivity contribution in [2.45, 2.75) is 38.8 Å². The zero-order chi connectivity index (χ0) is 17.0. The van der Waals surface area contributed by atoms with E-state index in [1.165, 1.54) is 16.1 Å². The Morgan fingerprint density at radius 3 is 2.83 bits per heavy atom. The first-order chi connectivity index (χ1) is 11.6. The van der Waals surface area contributed by atoms with Crippen LogP contribution in [0, 0.1) is 0 Å². The number of nitrogens with one attached hydrogen (secondary N) is 2. The molecule has 0 aliphatic carbocycles. The van der Waals surface area contributed by atoms with Gasteiger partial charge in [-0.05, 0) is 11.4 Å². The highest BCUT2D eigenvalue weighted by Crippen LogP contribution is 2.26. The van der Waals surface area contributed by atoms with Crippen LogP contribution in [-0.4, -0.2) is 47.9 Å². The maximum atomic E-state index is 5.51. The second-order valence-electron chi connectivity index (χ2n) is 7.33. The van der Waals surface area contributed by atoms with Gasteiger partial charge in [0.25, 0.3) is 0 Å². The standard InChI is InChI=1S/C18H28N4OS/c1-18(2,3)17-14(12-20-21-17)11-19-13-15(16-5-4-10-24-16)22-6-8-23-9-7-22/h4-5,10,12,15,19H,6-9,11,13H2,1-3H3,(H,20,21). The Morgan fingerprint density at radius 2 is 2.17 bits per heavy atom. The molecule has 0 radical (unpaired) electrons. The quantitative estimate of drug-likeness (QED) is 0.843. The molecule has 1 aliphatic rings. The van der Waals surface area contributed by atoms with Crippen LogP contribution >= 0.6 is 11.3 Å². The SMILES string of the molecule is CC(C)(C)c1[nH]ncc1CNCC(c1cccs1)N1CCOCC1. The summed E-state index contributed by atoms with van der Waals surface area (Å²) < 4.78 is 5.51. The van der Waals surface area contributed by atoms with Crippen molar-refractivity contribution in [3.8, 4) is 0 Å². The van der Waals surface area contributed by atoms with Crippen LogP contribution in [0.3, 0.4) is 0 Å². The summed E-state index contributed by atoms with van der Waals surface area (Å²) in [5, 5.41) is 13.2. The average molecular weight is 349 g/mol. The molecular formula is C18H28N4OS. The van der Waals surface area contributed by atoms with E-state index >= 15 is 0 Å². The van der Waals surface area contributed by atoms with Crippen molar-refractivity contribution in [2.24, 2.45) is 0 Å². The molecule has 1 saturated heterocycles. The maximum absolute atomic E-state index is 5.51. The summed E-state index contributed by atoms with van der Waals surface area (Å²) in [4.78, 5) is 3.95. The highest BCUT2D eigenvalue weighted by molar-refractivity contribution is 7.10. The molecule has 132 valence electrons. The maximum Gasteiger partial charge on any atom is 0.0594 e. The molecule has 6 heteroatoms. The van der Waals surface area contributed by atoms with Crippen LogP contribution in [-0.2, 0) is 16.7 Å². The van der Waals surface area contributed by atoms with E-state index in [1.807, 2.05) is 17.5 Å². The van der Waals surface area contributed by atoms with Gasteiger partial charge in [0.05, 0.1) is 25.5 Å². The predicted molar refractivity (Wildman–Crippen MR) is 98.4 cm³/mol. The van der Waals surface area contributed by atoms with Gasteiger partial charge in [0, 0.05) is 47.7 Å². The molecule has 0 saturated carbocycles. The smallest absolute Gasteiger partial charge is 0.0594 e. The van der Waals surface area contributed by atoms with Crippen molar-refractivity contribution >= 4 is 11.3 Å². The number of H-pyrrole nitrogens is 1. The van der Waals surface area contributed by atoms with Crippen molar-refractivity contribution in [3.05, 3.63) is 39.8 Å². The fraction of sp³-hybridized carbons (Fsp3) is 0.611. The summed E-state index contributed by atoms with van der Waals surface area (Å²) in [6.07, 6.45) is 1.95. The van der Waals surface area contributed by atoms with Gasteiger partial charge in [-0.25, -0.2) is 0 Å². The monoisotopic (exact) mass is 348 g/mol. The number of rotatable bonds is 6. The number of thiophene rings is 1. The zero-order valence-electron chi connectivity index (χ0n) is 14.8. The van der Waals surface area contributed by atoms with Gasteiger partial charge in [-0.3, -0.25) is 10.00 Å². The number of hydrogen-bond acceptors (Lipinski definition) is 5. The third-order valence-electron chi connectivity index (χ3n) is 4.48. The second-order valence-corrected chi connectivity index (χ2v) is 8.31. The number of morpholine rings is 1. The number of hydrogen-bond donors (Lipinski definition) is 2. The topological polar surface area (TPSA) is 53.2 Å². The second kappa shape index (κ2) is 7.78. The lowest BCUT2D eigenvalue weighted by molar-refractivity contribution is 0.0168. The molecule has 0 aromatic carbocycles. The van der Waals surface area contributed by atoms with Gasteiger partial charge in [0.1, 0.15) is 0 Å². The first kappa shape index (κ1) is 17.6. The lowest BCUT2D eigenvalue weighted by Gasteiger charge is -2.34. The molecule has 1 atom stereocenters. The van der Waals surface area contributed by atoms with Crippen LogP contribution in [0.25, 0.3) is 0 Å². The van der Waals surface area contributed by atoms with Crippen molar-refractivity contribution < 1.29 is 4.74 Å². The molecular weight excluding hydrogens is 320 g/mol. The summed E-state index contributed by atoms with van der Waals surface area (Å²) in [6, 6.07) is 4.80. The van der Waals surface area contributed by atoms with Gasteiger partial charge >= 0.3 is 0 Å². The van der Waals surface area contributed by atoms with E-state index in [9.17, 15) is 0 Å². The Hall–Kier alpha value is -1.21. The number of ether oxygens (including phenoxy) is 1. The van der Waals surface area contributed by atoms with E-state index in [1.54, 1.807) is 0 Å². The van der Waals surface area contributed by atoms with Gasteiger partial charge in [0.15, 0.2) is 0 Å². The summed E-state index contributed by atoms with van der Waals surface area (Å²) >= 11 is 1.84. The Morgan fingerprint density at radius 1 is 1.38 bits per heavy atom. The van der Waals surface area contributed by atoms with E-state index in [-0.39, 0.29) is 5.41 Å². The number of nitrogens with zero attached hydrogens (tertiary/aromatic N) is 2. The minimum absolute atomic E-state index is 0.0882. The summed E-state index contributed by atoms with van der Waals surface area (Å²) in [5.74, 6) is 0. The molecule has 2 aromatic rings. The molecule has 0 bridgehead atoms. The average Bonchev–Trinajstić information content (AvgIpc) is 3.23. The van der Waals surface area contributed by atoms with E-state index in [4.69, 9.17) is 4.74 Å². The van der Waals surface area contributed by atoms with Crippen LogP contribution in [0.5, 0.6) is 0 Å².